The van der Waals surface area contributed by atoms with Crippen molar-refractivity contribution in [3.8, 4) is 0 Å². The predicted octanol–water partition coefficient (Wildman–Crippen LogP) is 6.54. The summed E-state index contributed by atoms with van der Waals surface area (Å²) in [4.78, 5) is 31.1. The number of thioether (sulfide) groups is 2. The van der Waals surface area contributed by atoms with Crippen molar-refractivity contribution in [3.05, 3.63) is 41.6 Å². The van der Waals surface area contributed by atoms with Gasteiger partial charge in [0.25, 0.3) is 11.1 Å². The predicted molar refractivity (Wildman–Crippen MR) is 126 cm³/mol. The zero-order valence-corrected chi connectivity index (χ0v) is 19.3. The summed E-state index contributed by atoms with van der Waals surface area (Å²) in [6.07, 6.45) is 15.8. The molecule has 0 bridgehead atoms. The number of hydrogen-bond donors (Lipinski definition) is 0. The van der Waals surface area contributed by atoms with Crippen LogP contribution in [0.1, 0.15) is 64.7 Å². The van der Waals surface area contributed by atoms with Gasteiger partial charge in [-0.2, -0.15) is 0 Å². The number of carbonyl (C=O) groups is 2. The third-order valence-corrected chi connectivity index (χ3v) is 7.26. The molecule has 0 saturated carbocycles. The molecule has 3 heterocycles. The molecule has 2 aromatic heterocycles. The van der Waals surface area contributed by atoms with Crippen LogP contribution in [-0.4, -0.2) is 37.7 Å². The lowest BCUT2D eigenvalue weighted by atomic mass is 10.1. The molecule has 1 aliphatic rings. The van der Waals surface area contributed by atoms with Crippen LogP contribution in [0.5, 0.6) is 0 Å². The summed E-state index contributed by atoms with van der Waals surface area (Å²) < 4.78 is 2.08. The number of imide groups is 1. The van der Waals surface area contributed by atoms with Gasteiger partial charge >= 0.3 is 0 Å². The van der Waals surface area contributed by atoms with E-state index >= 15 is 0 Å². The normalized spacial score (nSPS) is 15.8. The lowest BCUT2D eigenvalue weighted by Gasteiger charge is -2.12. The Morgan fingerprint density at radius 2 is 1.90 bits per heavy atom. The van der Waals surface area contributed by atoms with E-state index in [4.69, 9.17) is 0 Å². The second-order valence-corrected chi connectivity index (χ2v) is 9.63. The number of unbranched alkanes of at least 4 members (excludes halogenated alkanes) is 7. The first-order valence-electron chi connectivity index (χ1n) is 11.0. The number of amides is 2. The van der Waals surface area contributed by atoms with Gasteiger partial charge in [0.1, 0.15) is 5.65 Å². The van der Waals surface area contributed by atoms with Gasteiger partial charge in [0.05, 0.1) is 9.93 Å². The van der Waals surface area contributed by atoms with Crippen LogP contribution in [0.25, 0.3) is 5.65 Å². The number of pyridine rings is 1. The largest absolute Gasteiger partial charge is 0.294 e. The average Bonchev–Trinajstić information content (AvgIpc) is 3.33. The van der Waals surface area contributed by atoms with Crippen LogP contribution in [-0.2, 0) is 4.79 Å². The number of nitrogens with zero attached hydrogens (tertiary/aromatic N) is 3. The van der Waals surface area contributed by atoms with Crippen LogP contribution in [0.4, 0.5) is 4.79 Å². The van der Waals surface area contributed by atoms with Gasteiger partial charge in [0.2, 0.25) is 0 Å². The van der Waals surface area contributed by atoms with Gasteiger partial charge in [-0.15, -0.1) is 11.8 Å². The third-order valence-electron chi connectivity index (χ3n) is 5.18. The van der Waals surface area contributed by atoms with E-state index in [1.54, 1.807) is 18.0 Å². The average molecular weight is 446 g/mol. The Hall–Kier alpha value is -1.73. The summed E-state index contributed by atoms with van der Waals surface area (Å²) in [6, 6.07) is 6.09. The maximum Gasteiger partial charge on any atom is 0.293 e. The van der Waals surface area contributed by atoms with Crippen molar-refractivity contribution in [2.75, 3.05) is 12.3 Å². The van der Waals surface area contributed by atoms with Gasteiger partial charge in [-0.1, -0.05) is 51.2 Å². The fourth-order valence-electron chi connectivity index (χ4n) is 3.48. The highest BCUT2D eigenvalue weighted by Crippen LogP contribution is 2.31. The standard InChI is InChI=1S/C23H31N3O2S2/c1-2-3-4-5-6-7-8-12-19-22(27)26(23(28)30-19)16-9-10-18-29-21-14-11-13-20-24-15-17-25(20)21/h11-15,17H,2-10,16,18H2,1H3. The number of rotatable bonds is 13. The van der Waals surface area contributed by atoms with E-state index in [1.165, 1.54) is 37.0 Å². The molecule has 3 rings (SSSR count). The van der Waals surface area contributed by atoms with Crippen LogP contribution in [0.2, 0.25) is 0 Å². The monoisotopic (exact) mass is 445 g/mol. The molecule has 0 N–H and O–H groups in total. The molecule has 0 radical (unpaired) electrons. The topological polar surface area (TPSA) is 54.7 Å². The van der Waals surface area contributed by atoms with Gasteiger partial charge < -0.3 is 0 Å². The van der Waals surface area contributed by atoms with Gasteiger partial charge in [0.15, 0.2) is 0 Å². The van der Waals surface area contributed by atoms with Crippen molar-refractivity contribution in [3.63, 3.8) is 0 Å². The van der Waals surface area contributed by atoms with Gasteiger partial charge in [-0.25, -0.2) is 4.98 Å². The molecule has 7 heteroatoms. The van der Waals surface area contributed by atoms with Crippen molar-refractivity contribution < 1.29 is 9.59 Å². The molecule has 2 aromatic rings. The number of carbonyl (C=O) groups excluding carboxylic acids is 2. The van der Waals surface area contributed by atoms with E-state index < -0.39 is 0 Å². The smallest absolute Gasteiger partial charge is 0.293 e. The summed E-state index contributed by atoms with van der Waals surface area (Å²) >= 11 is 2.88. The summed E-state index contributed by atoms with van der Waals surface area (Å²) in [5.74, 6) is 0.841. The van der Waals surface area contributed by atoms with Gasteiger partial charge in [-0.05, 0) is 55.3 Å². The highest BCUT2D eigenvalue weighted by atomic mass is 32.2. The zero-order valence-electron chi connectivity index (χ0n) is 17.7. The van der Waals surface area contributed by atoms with Gasteiger partial charge in [0, 0.05) is 18.9 Å². The Balaban J connectivity index is 1.35. The maximum atomic E-state index is 12.5. The second kappa shape index (κ2) is 12.2. The molecule has 0 spiro atoms. The molecule has 0 aliphatic carbocycles. The van der Waals surface area contributed by atoms with Crippen LogP contribution in [0, 0.1) is 0 Å². The molecule has 1 fully saturated rings. The summed E-state index contributed by atoms with van der Waals surface area (Å²) in [5.41, 5.74) is 0.950. The van der Waals surface area contributed by atoms with Crippen LogP contribution < -0.4 is 0 Å². The van der Waals surface area contributed by atoms with Crippen molar-refractivity contribution in [1.29, 1.82) is 0 Å². The molecule has 0 unspecified atom stereocenters. The SMILES string of the molecule is CCCCCCCCC=C1SC(=O)N(CCCCSc2cccc3nccn23)C1=O. The number of hydrogen-bond acceptors (Lipinski definition) is 5. The molecule has 30 heavy (non-hydrogen) atoms. The van der Waals surface area contributed by atoms with Crippen molar-refractivity contribution in [2.24, 2.45) is 0 Å². The molecule has 2 amide bonds. The van der Waals surface area contributed by atoms with Crippen LogP contribution in [0.15, 0.2) is 46.6 Å². The highest BCUT2D eigenvalue weighted by molar-refractivity contribution is 8.18. The molecule has 5 nitrogen and oxygen atoms in total. The molecular weight excluding hydrogens is 414 g/mol. The fraction of sp³-hybridized carbons (Fsp3) is 0.522. The lowest BCUT2D eigenvalue weighted by molar-refractivity contribution is -0.122. The zero-order chi connectivity index (χ0) is 21.2. The van der Waals surface area contributed by atoms with Crippen LogP contribution in [0.3, 0.4) is 0 Å². The third kappa shape index (κ3) is 6.38. The molecule has 1 saturated heterocycles. The summed E-state index contributed by atoms with van der Waals surface area (Å²) in [7, 11) is 0. The lowest BCUT2D eigenvalue weighted by Crippen LogP contribution is -2.29. The number of aromatic nitrogens is 2. The Morgan fingerprint density at radius 3 is 2.77 bits per heavy atom. The second-order valence-electron chi connectivity index (χ2n) is 7.52. The first-order chi connectivity index (χ1) is 14.7. The first kappa shape index (κ1) is 22.9. The first-order valence-corrected chi connectivity index (χ1v) is 12.8. The minimum absolute atomic E-state index is 0.105. The molecule has 0 aromatic carbocycles. The fourth-order valence-corrected chi connectivity index (χ4v) is 5.37. The Labute approximate surface area is 187 Å². The highest BCUT2D eigenvalue weighted by Gasteiger charge is 2.34. The molecule has 0 atom stereocenters. The summed E-state index contributed by atoms with van der Waals surface area (Å²) in [6.45, 7) is 2.73. The quantitative estimate of drug-likeness (QED) is 0.199. The minimum Gasteiger partial charge on any atom is -0.294 e. The number of allylic oxidation sites excluding steroid dienone is 1. The Morgan fingerprint density at radius 1 is 1.07 bits per heavy atom. The number of imidazole rings is 1. The maximum absolute atomic E-state index is 12.5. The van der Waals surface area contributed by atoms with Crippen molar-refractivity contribution in [1.82, 2.24) is 14.3 Å². The summed E-state index contributed by atoms with van der Waals surface area (Å²) in [5, 5.41) is 1.04. The van der Waals surface area contributed by atoms with Crippen LogP contribution >= 0.6 is 23.5 Å². The van der Waals surface area contributed by atoms with Crippen molar-refractivity contribution >= 4 is 40.3 Å². The van der Waals surface area contributed by atoms with E-state index in [2.05, 4.69) is 22.4 Å². The molecular formula is C23H31N3O2S2. The Bertz CT molecular complexity index is 878. The Kier molecular flexibility index (Phi) is 9.33. The minimum atomic E-state index is -0.120. The van der Waals surface area contributed by atoms with E-state index in [-0.39, 0.29) is 11.1 Å². The van der Waals surface area contributed by atoms with E-state index in [9.17, 15) is 9.59 Å². The molecule has 1 aliphatic heterocycles. The van der Waals surface area contributed by atoms with Crippen molar-refractivity contribution in [2.45, 2.75) is 69.7 Å². The number of fused-ring (bicyclic) bond motifs is 1. The van der Waals surface area contributed by atoms with E-state index in [0.717, 1.165) is 53.9 Å². The van der Waals surface area contributed by atoms with E-state index in [1.807, 2.05) is 24.4 Å². The van der Waals surface area contributed by atoms with E-state index in [0.29, 0.717) is 11.4 Å². The molecule has 162 valence electrons. The van der Waals surface area contributed by atoms with Gasteiger partial charge in [-0.3, -0.25) is 18.9 Å².